The maximum absolute atomic E-state index is 5.55. The first-order valence-corrected chi connectivity index (χ1v) is 5.98. The molecule has 1 aromatic rings. The van der Waals surface area contributed by atoms with E-state index >= 15 is 0 Å². The molecule has 1 atom stereocenters. The lowest BCUT2D eigenvalue weighted by Crippen LogP contribution is -2.01. The number of nitrogens with zero attached hydrogens (tertiary/aromatic N) is 1. The van der Waals surface area contributed by atoms with Crippen LogP contribution < -0.4 is 0 Å². The van der Waals surface area contributed by atoms with E-state index in [1.807, 2.05) is 24.4 Å². The van der Waals surface area contributed by atoms with E-state index < -0.39 is 0 Å². The van der Waals surface area contributed by atoms with Gasteiger partial charge in [0.15, 0.2) is 6.10 Å². The van der Waals surface area contributed by atoms with Gasteiger partial charge in [0, 0.05) is 6.21 Å². The molecule has 0 spiro atoms. The molecule has 2 nitrogen and oxygen atoms in total. The fourth-order valence-corrected chi connectivity index (χ4v) is 1.44. The highest BCUT2D eigenvalue weighted by atomic mass is 16.6. The lowest BCUT2D eigenvalue weighted by Gasteiger charge is -2.14. The van der Waals surface area contributed by atoms with E-state index in [9.17, 15) is 0 Å². The Hall–Kier alpha value is -1.31. The van der Waals surface area contributed by atoms with E-state index in [2.05, 4.69) is 38.1 Å². The molecule has 1 aromatic carbocycles. The van der Waals surface area contributed by atoms with Crippen molar-refractivity contribution in [1.82, 2.24) is 0 Å². The summed E-state index contributed by atoms with van der Waals surface area (Å²) in [6.45, 7) is 6.33. The SMILES string of the molecule is CCC[C@H](O/N=C/C(C)C)c1ccccc1. The zero-order chi connectivity index (χ0) is 11.8. The molecule has 0 aliphatic rings. The molecule has 0 N–H and O–H groups in total. The van der Waals surface area contributed by atoms with Gasteiger partial charge >= 0.3 is 0 Å². The second-order valence-corrected chi connectivity index (χ2v) is 4.29. The third-order valence-corrected chi connectivity index (χ3v) is 2.27. The lowest BCUT2D eigenvalue weighted by atomic mass is 10.1. The first-order valence-electron chi connectivity index (χ1n) is 5.98. The van der Waals surface area contributed by atoms with Crippen LogP contribution in [0.4, 0.5) is 0 Å². The van der Waals surface area contributed by atoms with Gasteiger partial charge in [-0.3, -0.25) is 0 Å². The van der Waals surface area contributed by atoms with Crippen molar-refractivity contribution in [3.05, 3.63) is 35.9 Å². The highest BCUT2D eigenvalue weighted by Gasteiger charge is 2.10. The van der Waals surface area contributed by atoms with Crippen LogP contribution in [0, 0.1) is 5.92 Å². The molecular formula is C14H21NO. The Balaban J connectivity index is 2.61. The molecule has 0 amide bonds. The average Bonchev–Trinajstić information content (AvgIpc) is 2.29. The number of oxime groups is 1. The molecule has 0 aliphatic carbocycles. The van der Waals surface area contributed by atoms with Crippen LogP contribution in [-0.4, -0.2) is 6.21 Å². The average molecular weight is 219 g/mol. The number of hydrogen-bond acceptors (Lipinski definition) is 2. The van der Waals surface area contributed by atoms with Crippen molar-refractivity contribution < 1.29 is 4.84 Å². The van der Waals surface area contributed by atoms with E-state index in [1.165, 1.54) is 5.56 Å². The van der Waals surface area contributed by atoms with Crippen LogP contribution >= 0.6 is 0 Å². The normalized spacial score (nSPS) is 13.2. The maximum atomic E-state index is 5.55. The second kappa shape index (κ2) is 7.04. The summed E-state index contributed by atoms with van der Waals surface area (Å²) in [6.07, 6.45) is 4.02. The van der Waals surface area contributed by atoms with E-state index in [4.69, 9.17) is 4.84 Å². The summed E-state index contributed by atoms with van der Waals surface area (Å²) >= 11 is 0. The van der Waals surface area contributed by atoms with Gasteiger partial charge in [0.2, 0.25) is 0 Å². The van der Waals surface area contributed by atoms with Gasteiger partial charge in [0.25, 0.3) is 0 Å². The molecule has 0 saturated carbocycles. The highest BCUT2D eigenvalue weighted by molar-refractivity contribution is 5.58. The molecule has 0 unspecified atom stereocenters. The topological polar surface area (TPSA) is 21.6 Å². The van der Waals surface area contributed by atoms with Crippen LogP contribution in [0.3, 0.4) is 0 Å². The number of rotatable bonds is 6. The van der Waals surface area contributed by atoms with Gasteiger partial charge in [-0.05, 0) is 17.9 Å². The largest absolute Gasteiger partial charge is 0.388 e. The summed E-state index contributed by atoms with van der Waals surface area (Å²) < 4.78 is 0. The molecule has 0 fully saturated rings. The summed E-state index contributed by atoms with van der Waals surface area (Å²) in [5.74, 6) is 0.429. The zero-order valence-corrected chi connectivity index (χ0v) is 10.4. The van der Waals surface area contributed by atoms with Crippen LogP contribution in [0.1, 0.15) is 45.3 Å². The summed E-state index contributed by atoms with van der Waals surface area (Å²) in [5, 5.41) is 4.04. The van der Waals surface area contributed by atoms with Crippen molar-refractivity contribution in [2.75, 3.05) is 0 Å². The molecule has 0 bridgehead atoms. The summed E-state index contributed by atoms with van der Waals surface area (Å²) in [6, 6.07) is 10.3. The first kappa shape index (κ1) is 12.8. The fraction of sp³-hybridized carbons (Fsp3) is 0.500. The third-order valence-electron chi connectivity index (χ3n) is 2.27. The van der Waals surface area contributed by atoms with Gasteiger partial charge in [-0.15, -0.1) is 0 Å². The minimum Gasteiger partial charge on any atom is -0.388 e. The van der Waals surface area contributed by atoms with E-state index in [1.54, 1.807) is 0 Å². The molecule has 1 rings (SSSR count). The number of benzene rings is 1. The molecule has 0 radical (unpaired) electrons. The Morgan fingerprint density at radius 2 is 1.94 bits per heavy atom. The predicted molar refractivity (Wildman–Crippen MR) is 68.5 cm³/mol. The Kier molecular flexibility index (Phi) is 5.62. The smallest absolute Gasteiger partial charge is 0.152 e. The first-order chi connectivity index (χ1) is 7.74. The van der Waals surface area contributed by atoms with Gasteiger partial charge in [-0.25, -0.2) is 0 Å². The molecular weight excluding hydrogens is 198 g/mol. The minimum absolute atomic E-state index is 0.0844. The van der Waals surface area contributed by atoms with Crippen LogP contribution in [0.15, 0.2) is 35.5 Å². The number of hydrogen-bond donors (Lipinski definition) is 0. The van der Waals surface area contributed by atoms with Crippen molar-refractivity contribution in [3.63, 3.8) is 0 Å². The summed E-state index contributed by atoms with van der Waals surface area (Å²) in [4.78, 5) is 5.55. The monoisotopic (exact) mass is 219 g/mol. The molecule has 0 aliphatic heterocycles. The van der Waals surface area contributed by atoms with Crippen LogP contribution in [-0.2, 0) is 4.84 Å². The van der Waals surface area contributed by atoms with Gasteiger partial charge in [-0.1, -0.05) is 62.7 Å². The zero-order valence-electron chi connectivity index (χ0n) is 10.4. The van der Waals surface area contributed by atoms with Crippen LogP contribution in [0.25, 0.3) is 0 Å². The standard InChI is InChI=1S/C14H21NO/c1-4-8-14(16-15-11-12(2)3)13-9-6-5-7-10-13/h5-7,9-12,14H,4,8H2,1-3H3/b15-11+/t14-/m0/s1. The van der Waals surface area contributed by atoms with Crippen molar-refractivity contribution in [3.8, 4) is 0 Å². The molecule has 2 heteroatoms. The van der Waals surface area contributed by atoms with Crippen molar-refractivity contribution >= 4 is 6.21 Å². The molecule has 0 aromatic heterocycles. The minimum atomic E-state index is 0.0844. The van der Waals surface area contributed by atoms with E-state index in [-0.39, 0.29) is 6.10 Å². The molecule has 16 heavy (non-hydrogen) atoms. The van der Waals surface area contributed by atoms with Gasteiger partial charge in [0.05, 0.1) is 0 Å². The Bertz CT molecular complexity index is 306. The van der Waals surface area contributed by atoms with Crippen LogP contribution in [0.5, 0.6) is 0 Å². The van der Waals surface area contributed by atoms with Gasteiger partial charge in [0.1, 0.15) is 0 Å². The van der Waals surface area contributed by atoms with Crippen molar-refractivity contribution in [2.24, 2.45) is 11.1 Å². The van der Waals surface area contributed by atoms with E-state index in [0.29, 0.717) is 5.92 Å². The second-order valence-electron chi connectivity index (χ2n) is 4.29. The van der Waals surface area contributed by atoms with Gasteiger partial charge in [-0.2, -0.15) is 0 Å². The van der Waals surface area contributed by atoms with Crippen LogP contribution in [0.2, 0.25) is 0 Å². The molecule has 0 heterocycles. The highest BCUT2D eigenvalue weighted by Crippen LogP contribution is 2.22. The Morgan fingerprint density at radius 1 is 1.25 bits per heavy atom. The predicted octanol–water partition coefficient (Wildman–Crippen LogP) is 4.19. The quantitative estimate of drug-likeness (QED) is 0.519. The van der Waals surface area contributed by atoms with E-state index in [0.717, 1.165) is 12.8 Å². The molecule has 0 saturated heterocycles. The third kappa shape index (κ3) is 4.47. The summed E-state index contributed by atoms with van der Waals surface area (Å²) in [7, 11) is 0. The lowest BCUT2D eigenvalue weighted by molar-refractivity contribution is 0.0519. The van der Waals surface area contributed by atoms with Crippen molar-refractivity contribution in [1.29, 1.82) is 0 Å². The Morgan fingerprint density at radius 3 is 2.50 bits per heavy atom. The molecule has 88 valence electrons. The fourth-order valence-electron chi connectivity index (χ4n) is 1.44. The van der Waals surface area contributed by atoms with Crippen molar-refractivity contribution in [2.45, 2.75) is 39.7 Å². The summed E-state index contributed by atoms with van der Waals surface area (Å²) in [5.41, 5.74) is 1.20. The van der Waals surface area contributed by atoms with Gasteiger partial charge < -0.3 is 4.84 Å². The Labute approximate surface area is 98.3 Å². The maximum Gasteiger partial charge on any atom is 0.152 e.